The molecule has 0 bridgehead atoms. The third kappa shape index (κ3) is 2.59. The lowest BCUT2D eigenvalue weighted by Gasteiger charge is -2.24. The highest BCUT2D eigenvalue weighted by Gasteiger charge is 2.49. The second-order valence-corrected chi connectivity index (χ2v) is 8.40. The van der Waals surface area contributed by atoms with Gasteiger partial charge in [-0.2, -0.15) is 13.2 Å². The van der Waals surface area contributed by atoms with Crippen molar-refractivity contribution in [1.29, 1.82) is 0 Å². The molecule has 0 radical (unpaired) electrons. The maximum Gasteiger partial charge on any atom is 0.433 e. The van der Waals surface area contributed by atoms with E-state index in [0.717, 1.165) is 71.8 Å². The van der Waals surface area contributed by atoms with Crippen LogP contribution in [0.1, 0.15) is 45.7 Å². The molecule has 1 fully saturated rings. The predicted molar refractivity (Wildman–Crippen MR) is 103 cm³/mol. The number of alkyl halides is 3. The molecular formula is C22H17F3N4O. The topological polar surface area (TPSA) is 70.7 Å². The molecule has 8 heteroatoms. The Bertz CT molecular complexity index is 1210. The van der Waals surface area contributed by atoms with Gasteiger partial charge in [-0.3, -0.25) is 14.8 Å². The van der Waals surface area contributed by atoms with Gasteiger partial charge in [0.15, 0.2) is 0 Å². The standard InChI is InChI=1S/C22H17F3N4O/c23-22(24,25)17-4-2-12(10-27-17)15-7-14-11(9-26-15)1-3-13-18-16(28-19(13)14)8-21(5-6-21)29-20(18)30/h2,4,7,9-10,28H,1,3,5-6,8H2,(H,29,30). The number of hydrogen-bond acceptors (Lipinski definition) is 3. The van der Waals surface area contributed by atoms with E-state index in [4.69, 9.17) is 0 Å². The monoisotopic (exact) mass is 410 g/mol. The van der Waals surface area contributed by atoms with E-state index >= 15 is 0 Å². The number of halogens is 3. The molecule has 2 N–H and O–H groups in total. The van der Waals surface area contributed by atoms with Gasteiger partial charge in [0.2, 0.25) is 0 Å². The Hall–Kier alpha value is -3.16. The second kappa shape index (κ2) is 5.71. The van der Waals surface area contributed by atoms with Gasteiger partial charge in [-0.25, -0.2) is 0 Å². The largest absolute Gasteiger partial charge is 0.433 e. The van der Waals surface area contributed by atoms with E-state index in [2.05, 4.69) is 20.3 Å². The number of H-pyrrole nitrogens is 1. The summed E-state index contributed by atoms with van der Waals surface area (Å²) in [6.07, 6.45) is 2.86. The molecule has 1 saturated carbocycles. The van der Waals surface area contributed by atoms with Crippen molar-refractivity contribution in [1.82, 2.24) is 20.3 Å². The maximum atomic E-state index is 12.8. The highest BCUT2D eigenvalue weighted by atomic mass is 19.4. The highest BCUT2D eigenvalue weighted by molar-refractivity contribution is 6.01. The quantitative estimate of drug-likeness (QED) is 0.635. The summed E-state index contributed by atoms with van der Waals surface area (Å²) < 4.78 is 38.4. The number of carbonyl (C=O) groups excluding carboxylic acids is 1. The van der Waals surface area contributed by atoms with Crippen LogP contribution in [-0.2, 0) is 25.4 Å². The molecule has 152 valence electrons. The van der Waals surface area contributed by atoms with Crippen LogP contribution in [0.5, 0.6) is 0 Å². The van der Waals surface area contributed by atoms with Crippen molar-refractivity contribution >= 4 is 5.91 Å². The molecule has 3 aromatic rings. The molecule has 2 aliphatic carbocycles. The van der Waals surface area contributed by atoms with E-state index in [-0.39, 0.29) is 11.4 Å². The van der Waals surface area contributed by atoms with Crippen LogP contribution in [0.3, 0.4) is 0 Å². The average Bonchev–Trinajstić information content (AvgIpc) is 3.33. The third-order valence-electron chi connectivity index (χ3n) is 6.41. The summed E-state index contributed by atoms with van der Waals surface area (Å²) >= 11 is 0. The molecule has 0 unspecified atom stereocenters. The van der Waals surface area contributed by atoms with Crippen molar-refractivity contribution in [2.75, 3.05) is 0 Å². The van der Waals surface area contributed by atoms with Crippen LogP contribution >= 0.6 is 0 Å². The predicted octanol–water partition coefficient (Wildman–Crippen LogP) is 4.07. The number of aromatic amines is 1. The molecule has 4 heterocycles. The van der Waals surface area contributed by atoms with E-state index in [1.807, 2.05) is 6.07 Å². The van der Waals surface area contributed by atoms with Crippen LogP contribution in [0, 0.1) is 0 Å². The normalized spacial score (nSPS) is 18.4. The van der Waals surface area contributed by atoms with E-state index in [9.17, 15) is 18.0 Å². The molecule has 0 atom stereocenters. The summed E-state index contributed by atoms with van der Waals surface area (Å²) in [5.41, 5.74) is 5.79. The number of nitrogens with zero attached hydrogens (tertiary/aromatic N) is 2. The molecule has 1 amide bonds. The third-order valence-corrected chi connectivity index (χ3v) is 6.41. The van der Waals surface area contributed by atoms with Gasteiger partial charge in [0.1, 0.15) is 5.69 Å². The van der Waals surface area contributed by atoms with Gasteiger partial charge >= 0.3 is 6.18 Å². The van der Waals surface area contributed by atoms with Gasteiger partial charge in [0.25, 0.3) is 5.91 Å². The second-order valence-electron chi connectivity index (χ2n) is 8.40. The molecule has 1 aliphatic heterocycles. The fourth-order valence-corrected chi connectivity index (χ4v) is 4.67. The van der Waals surface area contributed by atoms with Crippen LogP contribution in [0.25, 0.3) is 22.5 Å². The van der Waals surface area contributed by atoms with Crippen LogP contribution in [0.15, 0.2) is 30.6 Å². The van der Waals surface area contributed by atoms with Gasteiger partial charge in [-0.1, -0.05) is 0 Å². The van der Waals surface area contributed by atoms with Crippen molar-refractivity contribution in [2.45, 2.75) is 43.8 Å². The molecule has 0 saturated heterocycles. The van der Waals surface area contributed by atoms with Crippen molar-refractivity contribution in [2.24, 2.45) is 0 Å². The Morgan fingerprint density at radius 1 is 1.07 bits per heavy atom. The molecule has 30 heavy (non-hydrogen) atoms. The first kappa shape index (κ1) is 17.7. The summed E-state index contributed by atoms with van der Waals surface area (Å²) in [4.78, 5) is 24.2. The van der Waals surface area contributed by atoms with Crippen molar-refractivity contribution in [3.63, 3.8) is 0 Å². The van der Waals surface area contributed by atoms with Crippen LogP contribution < -0.4 is 5.32 Å². The molecule has 3 aliphatic rings. The number of fused-ring (bicyclic) bond motifs is 5. The van der Waals surface area contributed by atoms with Crippen LogP contribution in [0.4, 0.5) is 13.2 Å². The first-order chi connectivity index (χ1) is 14.3. The zero-order chi connectivity index (χ0) is 20.7. The molecular weight excluding hydrogens is 393 g/mol. The van der Waals surface area contributed by atoms with E-state index in [1.54, 1.807) is 6.20 Å². The van der Waals surface area contributed by atoms with Crippen LogP contribution in [-0.4, -0.2) is 26.4 Å². The van der Waals surface area contributed by atoms with Crippen molar-refractivity contribution in [3.8, 4) is 22.5 Å². The minimum absolute atomic E-state index is 0.00378. The Balaban J connectivity index is 1.43. The zero-order valence-electron chi connectivity index (χ0n) is 15.9. The molecule has 5 nitrogen and oxygen atoms in total. The smallest absolute Gasteiger partial charge is 0.357 e. The lowest BCUT2D eigenvalue weighted by atomic mass is 9.87. The van der Waals surface area contributed by atoms with Gasteiger partial charge in [-0.05, 0) is 55.0 Å². The first-order valence-corrected chi connectivity index (χ1v) is 9.92. The minimum atomic E-state index is -4.47. The number of hydrogen-bond donors (Lipinski definition) is 2. The summed E-state index contributed by atoms with van der Waals surface area (Å²) in [6, 6.07) is 4.23. The Morgan fingerprint density at radius 3 is 2.60 bits per heavy atom. The zero-order valence-corrected chi connectivity index (χ0v) is 15.9. The SMILES string of the molecule is O=C1NC2(CC2)Cc2[nH]c3c(c21)CCc1cnc(-c2ccc(C(F)(F)F)nc2)cc1-3. The summed E-state index contributed by atoms with van der Waals surface area (Å²) in [7, 11) is 0. The van der Waals surface area contributed by atoms with E-state index in [0.29, 0.717) is 11.3 Å². The summed E-state index contributed by atoms with van der Waals surface area (Å²) in [5.74, 6) is -0.00378. The van der Waals surface area contributed by atoms with Gasteiger partial charge in [0.05, 0.1) is 17.0 Å². The highest BCUT2D eigenvalue weighted by Crippen LogP contribution is 2.45. The van der Waals surface area contributed by atoms with Crippen molar-refractivity contribution in [3.05, 3.63) is 58.7 Å². The number of pyridine rings is 2. The minimum Gasteiger partial charge on any atom is -0.357 e. The number of rotatable bonds is 1. The molecule has 3 aromatic heterocycles. The Morgan fingerprint density at radius 2 is 1.90 bits per heavy atom. The Labute approximate surface area is 169 Å². The average molecular weight is 410 g/mol. The van der Waals surface area contributed by atoms with Crippen LogP contribution in [0.2, 0.25) is 0 Å². The van der Waals surface area contributed by atoms with Gasteiger partial charge < -0.3 is 10.3 Å². The number of aryl methyl sites for hydroxylation is 1. The molecule has 0 aromatic carbocycles. The molecule has 1 spiro atoms. The number of amides is 1. The fraction of sp³-hybridized carbons (Fsp3) is 0.318. The van der Waals surface area contributed by atoms with E-state index in [1.165, 1.54) is 12.3 Å². The van der Waals surface area contributed by atoms with Crippen molar-refractivity contribution < 1.29 is 18.0 Å². The summed E-state index contributed by atoms with van der Waals surface area (Å²) in [6.45, 7) is 0. The first-order valence-electron chi connectivity index (χ1n) is 9.92. The van der Waals surface area contributed by atoms with Gasteiger partial charge in [-0.15, -0.1) is 0 Å². The lowest BCUT2D eigenvalue weighted by molar-refractivity contribution is -0.141. The number of carbonyl (C=O) groups is 1. The number of nitrogens with one attached hydrogen (secondary N) is 2. The lowest BCUT2D eigenvalue weighted by Crippen LogP contribution is -2.43. The molecule has 6 rings (SSSR count). The Kier molecular flexibility index (Phi) is 3.36. The fourth-order valence-electron chi connectivity index (χ4n) is 4.67. The maximum absolute atomic E-state index is 12.8. The number of aromatic nitrogens is 3. The van der Waals surface area contributed by atoms with Gasteiger partial charge in [0, 0.05) is 41.2 Å². The van der Waals surface area contributed by atoms with E-state index < -0.39 is 11.9 Å². The summed E-state index contributed by atoms with van der Waals surface area (Å²) in [5, 5.41) is 3.17.